The summed E-state index contributed by atoms with van der Waals surface area (Å²) in [6.45, 7) is 16.0. The third-order valence-electron chi connectivity index (χ3n) is 4.36. The van der Waals surface area contributed by atoms with E-state index in [9.17, 15) is 0 Å². The zero-order valence-corrected chi connectivity index (χ0v) is 19.7. The van der Waals surface area contributed by atoms with Gasteiger partial charge in [0.25, 0.3) is 0 Å². The second kappa shape index (κ2) is 17.3. The number of benzene rings is 3. The molecule has 0 saturated carbocycles. The van der Waals surface area contributed by atoms with Gasteiger partial charge in [-0.1, -0.05) is 160 Å². The predicted octanol–water partition coefficient (Wildman–Crippen LogP) is 9.79. The van der Waals surface area contributed by atoms with Crippen LogP contribution in [0.3, 0.4) is 0 Å². The Morgan fingerprint density at radius 3 is 1.27 bits per heavy atom. The fraction of sp³-hybridized carbons (Fsp3) is 0.333. The van der Waals surface area contributed by atoms with Crippen LogP contribution < -0.4 is 0 Å². The van der Waals surface area contributed by atoms with Gasteiger partial charge in [-0.15, -0.1) is 0 Å². The molecule has 3 aromatic carbocycles. The van der Waals surface area contributed by atoms with E-state index in [1.807, 2.05) is 55.4 Å². The van der Waals surface area contributed by atoms with E-state index in [4.69, 9.17) is 0 Å². The molecule has 0 amide bonds. The molecule has 0 spiro atoms. The fourth-order valence-corrected chi connectivity index (χ4v) is 3.38. The summed E-state index contributed by atoms with van der Waals surface area (Å²) in [6.07, 6.45) is 4.58. The van der Waals surface area contributed by atoms with Crippen molar-refractivity contribution in [3.8, 4) is 0 Å². The summed E-state index contributed by atoms with van der Waals surface area (Å²) >= 11 is 0. The van der Waals surface area contributed by atoms with E-state index in [0.717, 1.165) is 0 Å². The first kappa shape index (κ1) is 29.6. The first-order chi connectivity index (χ1) is 14.4. The highest BCUT2D eigenvalue weighted by atomic mass is 14.4. The molecule has 0 aromatic heterocycles. The lowest BCUT2D eigenvalue weighted by Gasteiger charge is -2.31. The minimum Gasteiger partial charge on any atom is -0.0776 e. The number of rotatable bonds is 2. The molecule has 0 nitrogen and oxygen atoms in total. The van der Waals surface area contributed by atoms with Crippen molar-refractivity contribution in [1.29, 1.82) is 0 Å². The number of fused-ring (bicyclic) bond motifs is 1. The zero-order valence-electron chi connectivity index (χ0n) is 19.7. The topological polar surface area (TPSA) is 0 Å². The zero-order chi connectivity index (χ0) is 22.1. The Morgan fingerprint density at radius 1 is 0.467 bits per heavy atom. The van der Waals surface area contributed by atoms with E-state index in [0.29, 0.717) is 0 Å². The lowest BCUT2D eigenvalue weighted by atomic mass is 9.71. The Hall–Kier alpha value is -2.60. The molecule has 0 fully saturated rings. The van der Waals surface area contributed by atoms with Gasteiger partial charge in [-0.25, -0.2) is 0 Å². The fourth-order valence-electron chi connectivity index (χ4n) is 3.38. The maximum absolute atomic E-state index is 2.34. The molecule has 0 heteroatoms. The van der Waals surface area contributed by atoms with Crippen molar-refractivity contribution >= 4 is 6.08 Å². The molecule has 0 unspecified atom stereocenters. The number of hydrogen-bond donors (Lipinski definition) is 0. The maximum Gasteiger partial charge on any atom is 0.0641 e. The molecule has 4 rings (SSSR count). The van der Waals surface area contributed by atoms with E-state index in [2.05, 4.69) is 97.1 Å². The molecule has 1 aliphatic rings. The molecule has 30 heavy (non-hydrogen) atoms. The Morgan fingerprint density at radius 2 is 0.833 bits per heavy atom. The molecule has 0 atom stereocenters. The van der Waals surface area contributed by atoms with Crippen molar-refractivity contribution in [2.45, 2.75) is 68.2 Å². The average molecular weight is 405 g/mol. The van der Waals surface area contributed by atoms with E-state index in [1.165, 1.54) is 22.3 Å². The van der Waals surface area contributed by atoms with Crippen molar-refractivity contribution in [1.82, 2.24) is 0 Å². The van der Waals surface area contributed by atoms with Gasteiger partial charge < -0.3 is 0 Å². The van der Waals surface area contributed by atoms with E-state index >= 15 is 0 Å². The monoisotopic (exact) mass is 404 g/mol. The van der Waals surface area contributed by atoms with Crippen LogP contribution in [0.15, 0.2) is 91.0 Å². The molecule has 3 aromatic rings. The Labute approximate surface area is 187 Å². The summed E-state index contributed by atoms with van der Waals surface area (Å²) in [4.78, 5) is 0. The SMILES string of the molecule is C.C1=CC(c2ccccc2)(c2ccccc2)c2ccccc21.CC.CC.CC.CC. The van der Waals surface area contributed by atoms with Crippen molar-refractivity contribution in [3.63, 3.8) is 0 Å². The van der Waals surface area contributed by atoms with Crippen LogP contribution in [0.2, 0.25) is 0 Å². The Kier molecular flexibility index (Phi) is 17.0. The molecule has 1 aliphatic carbocycles. The maximum atomic E-state index is 2.34. The normalized spacial score (nSPS) is 11.2. The minimum atomic E-state index is -0.168. The molecule has 0 bridgehead atoms. The Balaban J connectivity index is 0. The largest absolute Gasteiger partial charge is 0.0776 e. The first-order valence-corrected chi connectivity index (χ1v) is 11.3. The summed E-state index contributed by atoms with van der Waals surface area (Å²) in [5.41, 5.74) is 5.14. The van der Waals surface area contributed by atoms with Gasteiger partial charge in [0.05, 0.1) is 5.41 Å². The van der Waals surface area contributed by atoms with Gasteiger partial charge in [0.1, 0.15) is 0 Å². The third kappa shape index (κ3) is 6.46. The summed E-state index contributed by atoms with van der Waals surface area (Å²) in [5.74, 6) is 0. The highest BCUT2D eigenvalue weighted by molar-refractivity contribution is 5.73. The van der Waals surface area contributed by atoms with Crippen LogP contribution in [0.25, 0.3) is 6.08 Å². The van der Waals surface area contributed by atoms with Crippen LogP contribution in [0, 0.1) is 0 Å². The van der Waals surface area contributed by atoms with Gasteiger partial charge in [0.2, 0.25) is 0 Å². The summed E-state index contributed by atoms with van der Waals surface area (Å²) in [5, 5.41) is 0. The average Bonchev–Trinajstić information content (AvgIpc) is 3.26. The van der Waals surface area contributed by atoms with E-state index in [-0.39, 0.29) is 12.8 Å². The molecule has 0 N–H and O–H groups in total. The standard InChI is InChI=1S/C21H16.4C2H6.CH4/c1-3-10-18(11-4-1)21(19-12-5-2-6-13-19)16-15-17-9-7-8-14-20(17)21;4*1-2;/h1-16H;4*1-2H3;1H4. The molecule has 0 heterocycles. The van der Waals surface area contributed by atoms with Gasteiger partial charge in [-0.2, -0.15) is 0 Å². The Bertz CT molecular complexity index is 743. The number of allylic oxidation sites excluding steroid dienone is 1. The van der Waals surface area contributed by atoms with Crippen molar-refractivity contribution in [3.05, 3.63) is 113 Å². The number of hydrogen-bond acceptors (Lipinski definition) is 0. The molecule has 164 valence electrons. The lowest BCUT2D eigenvalue weighted by molar-refractivity contribution is 0.794. The van der Waals surface area contributed by atoms with Crippen LogP contribution in [-0.4, -0.2) is 0 Å². The summed E-state index contributed by atoms with van der Waals surface area (Å²) < 4.78 is 0. The van der Waals surface area contributed by atoms with Crippen molar-refractivity contribution in [2.24, 2.45) is 0 Å². The van der Waals surface area contributed by atoms with Crippen molar-refractivity contribution in [2.75, 3.05) is 0 Å². The van der Waals surface area contributed by atoms with Gasteiger partial charge in [0, 0.05) is 0 Å². The van der Waals surface area contributed by atoms with Crippen LogP contribution in [0.1, 0.15) is 85.1 Å². The molecular formula is C30H44. The van der Waals surface area contributed by atoms with Gasteiger partial charge >= 0.3 is 0 Å². The van der Waals surface area contributed by atoms with Gasteiger partial charge in [0.15, 0.2) is 0 Å². The van der Waals surface area contributed by atoms with Gasteiger partial charge in [-0.05, 0) is 22.3 Å². The highest BCUT2D eigenvalue weighted by Crippen LogP contribution is 2.46. The summed E-state index contributed by atoms with van der Waals surface area (Å²) in [7, 11) is 0. The summed E-state index contributed by atoms with van der Waals surface area (Å²) in [6, 6.07) is 30.2. The van der Waals surface area contributed by atoms with E-state index in [1.54, 1.807) is 0 Å². The first-order valence-electron chi connectivity index (χ1n) is 11.3. The van der Waals surface area contributed by atoms with Crippen LogP contribution in [-0.2, 0) is 5.41 Å². The second-order valence-electron chi connectivity index (χ2n) is 5.46. The molecule has 0 aliphatic heterocycles. The van der Waals surface area contributed by atoms with Crippen LogP contribution >= 0.6 is 0 Å². The highest BCUT2D eigenvalue weighted by Gasteiger charge is 2.37. The quantitative estimate of drug-likeness (QED) is 0.398. The van der Waals surface area contributed by atoms with E-state index < -0.39 is 0 Å². The molecular weight excluding hydrogens is 360 g/mol. The molecule has 0 saturated heterocycles. The van der Waals surface area contributed by atoms with Gasteiger partial charge in [-0.3, -0.25) is 0 Å². The lowest BCUT2D eigenvalue weighted by Crippen LogP contribution is -2.25. The predicted molar refractivity (Wildman–Crippen MR) is 140 cm³/mol. The second-order valence-corrected chi connectivity index (χ2v) is 5.46. The smallest absolute Gasteiger partial charge is 0.0641 e. The van der Waals surface area contributed by atoms with Crippen LogP contribution in [0.5, 0.6) is 0 Å². The molecule has 0 radical (unpaired) electrons. The van der Waals surface area contributed by atoms with Crippen LogP contribution in [0.4, 0.5) is 0 Å². The minimum absolute atomic E-state index is 0. The van der Waals surface area contributed by atoms with Crippen molar-refractivity contribution < 1.29 is 0 Å². The third-order valence-corrected chi connectivity index (χ3v) is 4.36.